The van der Waals surface area contributed by atoms with Crippen molar-refractivity contribution < 1.29 is 19.0 Å². The van der Waals surface area contributed by atoms with E-state index < -0.39 is 0 Å². The SMILES string of the molecule is Cc1cc(C(=O)NCC2CCC3(CCN(CC(C)Cc4ccc5c(c4)OCO5)CC3)O2)n(C)n1. The van der Waals surface area contributed by atoms with Gasteiger partial charge in [-0.15, -0.1) is 0 Å². The van der Waals surface area contributed by atoms with Crippen molar-refractivity contribution in [3.8, 4) is 11.5 Å². The minimum Gasteiger partial charge on any atom is -0.454 e. The fraction of sp³-hybridized carbons (Fsp3) is 0.615. The first-order valence-electron chi connectivity index (χ1n) is 12.5. The van der Waals surface area contributed by atoms with Gasteiger partial charge in [0.25, 0.3) is 5.91 Å². The molecule has 1 amide bonds. The Morgan fingerprint density at radius 3 is 2.76 bits per heavy atom. The summed E-state index contributed by atoms with van der Waals surface area (Å²) in [6.45, 7) is 8.32. The molecular formula is C26H36N4O4. The summed E-state index contributed by atoms with van der Waals surface area (Å²) < 4.78 is 19.1. The summed E-state index contributed by atoms with van der Waals surface area (Å²) in [7, 11) is 1.80. The van der Waals surface area contributed by atoms with E-state index in [0.717, 1.165) is 68.9 Å². The van der Waals surface area contributed by atoms with E-state index in [9.17, 15) is 4.79 Å². The molecule has 2 aromatic rings. The van der Waals surface area contributed by atoms with Crippen LogP contribution in [-0.2, 0) is 18.2 Å². The molecule has 8 nitrogen and oxygen atoms in total. The number of nitrogens with one attached hydrogen (secondary N) is 1. The minimum absolute atomic E-state index is 0.0183. The van der Waals surface area contributed by atoms with E-state index in [1.54, 1.807) is 11.7 Å². The molecule has 184 valence electrons. The number of hydrogen-bond acceptors (Lipinski definition) is 6. The third-order valence-electron chi connectivity index (χ3n) is 7.42. The number of benzene rings is 1. The molecule has 1 spiro atoms. The molecule has 8 heteroatoms. The highest BCUT2D eigenvalue weighted by atomic mass is 16.7. The van der Waals surface area contributed by atoms with Crippen LogP contribution in [0.3, 0.4) is 0 Å². The lowest BCUT2D eigenvalue weighted by atomic mass is 9.88. The number of ether oxygens (including phenoxy) is 3. The van der Waals surface area contributed by atoms with E-state index >= 15 is 0 Å². The summed E-state index contributed by atoms with van der Waals surface area (Å²) in [5.74, 6) is 2.19. The Kier molecular flexibility index (Phi) is 6.53. The van der Waals surface area contributed by atoms with Gasteiger partial charge in [0.05, 0.1) is 17.4 Å². The first kappa shape index (κ1) is 23.2. The number of carbonyl (C=O) groups is 1. The van der Waals surface area contributed by atoms with Crippen LogP contribution in [-0.4, -0.2) is 65.3 Å². The van der Waals surface area contributed by atoms with Crippen LogP contribution < -0.4 is 14.8 Å². The maximum Gasteiger partial charge on any atom is 0.269 e. The number of carbonyl (C=O) groups excluding carboxylic acids is 1. The molecule has 3 aliphatic heterocycles. The predicted molar refractivity (Wildman–Crippen MR) is 128 cm³/mol. The molecule has 4 heterocycles. The Hall–Kier alpha value is -2.58. The van der Waals surface area contributed by atoms with Crippen molar-refractivity contribution in [2.75, 3.05) is 33.0 Å². The van der Waals surface area contributed by atoms with Crippen molar-refractivity contribution in [2.24, 2.45) is 13.0 Å². The van der Waals surface area contributed by atoms with Crippen molar-refractivity contribution in [1.29, 1.82) is 0 Å². The number of hydrogen-bond donors (Lipinski definition) is 1. The van der Waals surface area contributed by atoms with E-state index in [4.69, 9.17) is 14.2 Å². The Bertz CT molecular complexity index is 1030. The van der Waals surface area contributed by atoms with Crippen molar-refractivity contribution in [3.05, 3.63) is 41.2 Å². The van der Waals surface area contributed by atoms with E-state index in [2.05, 4.69) is 34.4 Å². The average molecular weight is 469 g/mol. The van der Waals surface area contributed by atoms with Gasteiger partial charge in [0, 0.05) is 33.2 Å². The third-order valence-corrected chi connectivity index (χ3v) is 7.42. The van der Waals surface area contributed by atoms with Gasteiger partial charge in [0.1, 0.15) is 5.69 Å². The molecule has 0 radical (unpaired) electrons. The molecule has 0 saturated carbocycles. The number of likely N-dealkylation sites (tertiary alicyclic amines) is 1. The largest absolute Gasteiger partial charge is 0.454 e. The summed E-state index contributed by atoms with van der Waals surface area (Å²) in [6.07, 6.45) is 5.34. The molecule has 1 aromatic carbocycles. The maximum atomic E-state index is 12.5. The van der Waals surface area contributed by atoms with Crippen LogP contribution in [0.15, 0.2) is 24.3 Å². The number of aromatic nitrogens is 2. The van der Waals surface area contributed by atoms with Crippen LogP contribution in [0.1, 0.15) is 54.4 Å². The van der Waals surface area contributed by atoms with Crippen LogP contribution in [0, 0.1) is 12.8 Å². The molecule has 2 atom stereocenters. The van der Waals surface area contributed by atoms with Gasteiger partial charge in [0.15, 0.2) is 11.5 Å². The summed E-state index contributed by atoms with van der Waals surface area (Å²) in [5, 5.41) is 7.29. The fourth-order valence-corrected chi connectivity index (χ4v) is 5.65. The zero-order valence-electron chi connectivity index (χ0n) is 20.5. The van der Waals surface area contributed by atoms with E-state index in [-0.39, 0.29) is 17.6 Å². The molecule has 2 saturated heterocycles. The van der Waals surface area contributed by atoms with E-state index in [1.165, 1.54) is 5.56 Å². The molecule has 0 bridgehead atoms. The zero-order valence-corrected chi connectivity index (χ0v) is 20.5. The van der Waals surface area contributed by atoms with Crippen molar-refractivity contribution >= 4 is 5.91 Å². The highest BCUT2D eigenvalue weighted by Crippen LogP contribution is 2.39. The van der Waals surface area contributed by atoms with Crippen LogP contribution in [0.5, 0.6) is 11.5 Å². The van der Waals surface area contributed by atoms with Gasteiger partial charge in [0.2, 0.25) is 6.79 Å². The van der Waals surface area contributed by atoms with Crippen LogP contribution in [0.2, 0.25) is 0 Å². The lowest BCUT2D eigenvalue weighted by Crippen LogP contribution is -2.46. The smallest absolute Gasteiger partial charge is 0.269 e. The Balaban J connectivity index is 1.05. The number of aryl methyl sites for hydroxylation is 2. The molecule has 34 heavy (non-hydrogen) atoms. The first-order valence-corrected chi connectivity index (χ1v) is 12.5. The molecule has 2 unspecified atom stereocenters. The number of rotatable bonds is 7. The second-order valence-electron chi connectivity index (χ2n) is 10.3. The Morgan fingerprint density at radius 1 is 1.21 bits per heavy atom. The Labute approximate surface area is 201 Å². The van der Waals surface area contributed by atoms with Gasteiger partial charge in [-0.2, -0.15) is 5.10 Å². The van der Waals surface area contributed by atoms with E-state index in [0.29, 0.717) is 24.9 Å². The second-order valence-corrected chi connectivity index (χ2v) is 10.3. The predicted octanol–water partition coefficient (Wildman–Crippen LogP) is 3.08. The van der Waals surface area contributed by atoms with Gasteiger partial charge in [-0.3, -0.25) is 9.48 Å². The number of fused-ring (bicyclic) bond motifs is 1. The summed E-state index contributed by atoms with van der Waals surface area (Å²) in [4.78, 5) is 15.1. The summed E-state index contributed by atoms with van der Waals surface area (Å²) >= 11 is 0. The monoisotopic (exact) mass is 468 g/mol. The quantitative estimate of drug-likeness (QED) is 0.673. The zero-order chi connectivity index (χ0) is 23.7. The number of amides is 1. The Morgan fingerprint density at radius 2 is 2.00 bits per heavy atom. The standard InChI is InChI=1S/C26H36N4O4/c1-18(12-20-4-5-23-24(14-20)33-17-32-23)16-30-10-8-26(9-11-30)7-6-21(34-26)15-27-25(31)22-13-19(2)28-29(22)3/h4-5,13-14,18,21H,6-12,15-17H2,1-3H3,(H,27,31). The fourth-order valence-electron chi connectivity index (χ4n) is 5.65. The summed E-state index contributed by atoms with van der Waals surface area (Å²) in [6, 6.07) is 8.10. The van der Waals surface area contributed by atoms with Crippen molar-refractivity contribution in [1.82, 2.24) is 20.0 Å². The van der Waals surface area contributed by atoms with Gasteiger partial charge in [-0.25, -0.2) is 0 Å². The third kappa shape index (κ3) is 5.08. The molecule has 1 aromatic heterocycles. The number of nitrogens with zero attached hydrogens (tertiary/aromatic N) is 3. The highest BCUT2D eigenvalue weighted by molar-refractivity contribution is 5.92. The topological polar surface area (TPSA) is 77.9 Å². The lowest BCUT2D eigenvalue weighted by molar-refractivity contribution is -0.0766. The van der Waals surface area contributed by atoms with Crippen molar-refractivity contribution in [3.63, 3.8) is 0 Å². The van der Waals surface area contributed by atoms with Gasteiger partial charge < -0.3 is 24.4 Å². The van der Waals surface area contributed by atoms with Crippen LogP contribution >= 0.6 is 0 Å². The maximum absolute atomic E-state index is 12.5. The van der Waals surface area contributed by atoms with Crippen LogP contribution in [0.25, 0.3) is 0 Å². The lowest BCUT2D eigenvalue weighted by Gasteiger charge is -2.40. The molecule has 2 fully saturated rings. The molecule has 3 aliphatic rings. The van der Waals surface area contributed by atoms with Gasteiger partial charge in [-0.1, -0.05) is 13.0 Å². The second kappa shape index (κ2) is 9.58. The highest BCUT2D eigenvalue weighted by Gasteiger charge is 2.42. The molecule has 0 aliphatic carbocycles. The van der Waals surface area contributed by atoms with E-state index in [1.807, 2.05) is 19.1 Å². The van der Waals surface area contributed by atoms with Gasteiger partial charge >= 0.3 is 0 Å². The molecule has 5 rings (SSSR count). The van der Waals surface area contributed by atoms with Gasteiger partial charge in [-0.05, 0) is 68.7 Å². The average Bonchev–Trinajstić information content (AvgIpc) is 3.52. The molecular weight excluding hydrogens is 432 g/mol. The molecule has 1 N–H and O–H groups in total. The minimum atomic E-state index is -0.0843. The first-order chi connectivity index (χ1) is 16.4. The van der Waals surface area contributed by atoms with Crippen molar-refractivity contribution in [2.45, 2.75) is 57.7 Å². The number of piperidine rings is 1. The summed E-state index contributed by atoms with van der Waals surface area (Å²) in [5.41, 5.74) is 2.72. The normalized spacial score (nSPS) is 22.3. The van der Waals surface area contributed by atoms with Crippen LogP contribution in [0.4, 0.5) is 0 Å².